The molecule has 0 amide bonds. The predicted molar refractivity (Wildman–Crippen MR) is 45.3 cm³/mol. The lowest BCUT2D eigenvalue weighted by atomic mass is 10.6. The first kappa shape index (κ1) is 10.5. The summed E-state index contributed by atoms with van der Waals surface area (Å²) in [4.78, 5) is 12.0. The van der Waals surface area contributed by atoms with Gasteiger partial charge in [0.1, 0.15) is 17.5 Å². The van der Waals surface area contributed by atoms with Gasteiger partial charge in [0, 0.05) is 6.92 Å². The molecule has 0 saturated carbocycles. The van der Waals surface area contributed by atoms with Crippen molar-refractivity contribution in [3.63, 3.8) is 0 Å². The summed E-state index contributed by atoms with van der Waals surface area (Å²) >= 11 is 0. The zero-order valence-corrected chi connectivity index (χ0v) is 7.79. The number of rotatable bonds is 0. The third-order valence-corrected chi connectivity index (χ3v) is 0.971. The van der Waals surface area contributed by atoms with Crippen LogP contribution in [-0.2, 0) is 0 Å². The van der Waals surface area contributed by atoms with Crippen LogP contribution in [0.5, 0.6) is 0 Å². The molecule has 0 bridgehead atoms. The van der Waals surface area contributed by atoms with Crippen LogP contribution in [0.3, 0.4) is 0 Å². The molecule has 0 aromatic carbocycles. The van der Waals surface area contributed by atoms with Crippen molar-refractivity contribution < 1.29 is 0 Å². The lowest BCUT2D eigenvalue weighted by Crippen LogP contribution is -1.97. The molecule has 0 aliphatic rings. The molecule has 1 aromatic rings. The lowest BCUT2D eigenvalue weighted by Gasteiger charge is -1.94. The predicted octanol–water partition coefficient (Wildman–Crippen LogP) is 1.33. The van der Waals surface area contributed by atoms with Crippen LogP contribution in [0.2, 0.25) is 0 Å². The SMILES string of the molecule is CC#N.Cc1nc(C)nc(C)n1. The minimum Gasteiger partial charge on any atom is -0.219 e. The standard InChI is InChI=1S/C6H9N3.C2H3N/c1-4-7-5(2)9-6(3)8-4;1-2-3/h1-3H3;1H3. The number of aryl methyl sites for hydroxylation is 3. The first-order chi connectivity index (χ1) is 5.60. The lowest BCUT2D eigenvalue weighted by molar-refractivity contribution is 0.875. The van der Waals surface area contributed by atoms with Crippen molar-refractivity contribution in [1.82, 2.24) is 15.0 Å². The van der Waals surface area contributed by atoms with Gasteiger partial charge in [0.05, 0.1) is 6.07 Å². The molecule has 0 saturated heterocycles. The van der Waals surface area contributed by atoms with Crippen molar-refractivity contribution in [2.24, 2.45) is 0 Å². The Balaban J connectivity index is 0.000000354. The Morgan fingerprint density at radius 1 is 0.917 bits per heavy atom. The van der Waals surface area contributed by atoms with Gasteiger partial charge in [0.25, 0.3) is 0 Å². The fraction of sp³-hybridized carbons (Fsp3) is 0.500. The molecule has 64 valence electrons. The molecule has 4 nitrogen and oxygen atoms in total. The smallest absolute Gasteiger partial charge is 0.129 e. The number of hydrogen-bond acceptors (Lipinski definition) is 4. The Morgan fingerprint density at radius 3 is 1.25 bits per heavy atom. The minimum atomic E-state index is 0.792. The van der Waals surface area contributed by atoms with Gasteiger partial charge in [-0.2, -0.15) is 5.26 Å². The summed E-state index contributed by atoms with van der Waals surface area (Å²) < 4.78 is 0. The molecular weight excluding hydrogens is 152 g/mol. The van der Waals surface area contributed by atoms with E-state index in [1.54, 1.807) is 6.07 Å². The average Bonchev–Trinajstić information content (AvgIpc) is 1.84. The molecule has 0 radical (unpaired) electrons. The van der Waals surface area contributed by atoms with Gasteiger partial charge in [-0.25, -0.2) is 15.0 Å². The Bertz CT molecular complexity index is 237. The van der Waals surface area contributed by atoms with E-state index in [1.165, 1.54) is 6.92 Å². The highest BCUT2D eigenvalue weighted by atomic mass is 15.0. The Hall–Kier alpha value is -1.50. The zero-order chi connectivity index (χ0) is 9.56. The first-order valence-corrected chi connectivity index (χ1v) is 3.57. The largest absolute Gasteiger partial charge is 0.219 e. The fourth-order valence-corrected chi connectivity index (χ4v) is 0.777. The normalized spacial score (nSPS) is 7.92. The average molecular weight is 164 g/mol. The van der Waals surface area contributed by atoms with E-state index in [0.29, 0.717) is 0 Å². The molecule has 1 heterocycles. The van der Waals surface area contributed by atoms with Gasteiger partial charge in [-0.1, -0.05) is 0 Å². The van der Waals surface area contributed by atoms with E-state index in [9.17, 15) is 0 Å². The molecule has 0 atom stereocenters. The third-order valence-electron chi connectivity index (χ3n) is 0.971. The summed E-state index contributed by atoms with van der Waals surface area (Å²) in [5.74, 6) is 2.38. The van der Waals surface area contributed by atoms with E-state index in [0.717, 1.165) is 17.5 Å². The maximum absolute atomic E-state index is 7.32. The van der Waals surface area contributed by atoms with Crippen molar-refractivity contribution in [1.29, 1.82) is 5.26 Å². The molecule has 1 rings (SSSR count). The second-order valence-corrected chi connectivity index (χ2v) is 2.20. The van der Waals surface area contributed by atoms with E-state index in [1.807, 2.05) is 20.8 Å². The molecule has 0 N–H and O–H groups in total. The van der Waals surface area contributed by atoms with Crippen molar-refractivity contribution in [2.75, 3.05) is 0 Å². The second kappa shape index (κ2) is 5.19. The number of hydrogen-bond donors (Lipinski definition) is 0. The topological polar surface area (TPSA) is 62.5 Å². The highest BCUT2D eigenvalue weighted by Crippen LogP contribution is 1.90. The molecule has 0 unspecified atom stereocenters. The van der Waals surface area contributed by atoms with E-state index in [-0.39, 0.29) is 0 Å². The maximum atomic E-state index is 7.32. The third kappa shape index (κ3) is 4.34. The van der Waals surface area contributed by atoms with Crippen LogP contribution < -0.4 is 0 Å². The zero-order valence-electron chi connectivity index (χ0n) is 7.79. The Kier molecular flexibility index (Phi) is 4.54. The minimum absolute atomic E-state index is 0.792. The van der Waals surface area contributed by atoms with Gasteiger partial charge >= 0.3 is 0 Å². The van der Waals surface area contributed by atoms with Crippen LogP contribution in [0.4, 0.5) is 0 Å². The summed E-state index contributed by atoms with van der Waals surface area (Å²) in [5, 5.41) is 7.32. The van der Waals surface area contributed by atoms with Crippen molar-refractivity contribution in [3.05, 3.63) is 17.5 Å². The molecule has 4 heteroatoms. The van der Waals surface area contributed by atoms with Crippen LogP contribution in [0, 0.1) is 32.1 Å². The molecule has 12 heavy (non-hydrogen) atoms. The first-order valence-electron chi connectivity index (χ1n) is 3.57. The van der Waals surface area contributed by atoms with E-state index >= 15 is 0 Å². The number of aromatic nitrogens is 3. The molecule has 1 aromatic heterocycles. The summed E-state index contributed by atoms with van der Waals surface area (Å²) in [6.07, 6.45) is 0. The molecule has 0 aliphatic carbocycles. The van der Waals surface area contributed by atoms with Crippen molar-refractivity contribution >= 4 is 0 Å². The summed E-state index contributed by atoms with van der Waals surface area (Å²) in [6, 6.07) is 1.75. The maximum Gasteiger partial charge on any atom is 0.129 e. The van der Waals surface area contributed by atoms with Crippen molar-refractivity contribution in [3.8, 4) is 6.07 Å². The van der Waals surface area contributed by atoms with Crippen LogP contribution in [0.1, 0.15) is 24.4 Å². The molecule has 0 fully saturated rings. The summed E-state index contributed by atoms with van der Waals surface area (Å²) in [5.41, 5.74) is 0. The Morgan fingerprint density at radius 2 is 1.08 bits per heavy atom. The van der Waals surface area contributed by atoms with Gasteiger partial charge in [-0.15, -0.1) is 0 Å². The highest BCUT2D eigenvalue weighted by Gasteiger charge is 1.91. The van der Waals surface area contributed by atoms with E-state index < -0.39 is 0 Å². The summed E-state index contributed by atoms with van der Waals surface area (Å²) in [7, 11) is 0. The second-order valence-electron chi connectivity index (χ2n) is 2.20. The van der Waals surface area contributed by atoms with Gasteiger partial charge < -0.3 is 0 Å². The quantitative estimate of drug-likeness (QED) is 0.580. The molecular formula is C8H12N4. The number of nitriles is 1. The van der Waals surface area contributed by atoms with E-state index in [2.05, 4.69) is 15.0 Å². The van der Waals surface area contributed by atoms with Gasteiger partial charge in [0.2, 0.25) is 0 Å². The molecule has 0 spiro atoms. The Labute approximate surface area is 72.3 Å². The monoisotopic (exact) mass is 164 g/mol. The van der Waals surface area contributed by atoms with Gasteiger partial charge in [-0.05, 0) is 20.8 Å². The summed E-state index contributed by atoms with van der Waals surface area (Å²) in [6.45, 7) is 7.02. The van der Waals surface area contributed by atoms with E-state index in [4.69, 9.17) is 5.26 Å². The van der Waals surface area contributed by atoms with Crippen LogP contribution in [-0.4, -0.2) is 15.0 Å². The van der Waals surface area contributed by atoms with Crippen LogP contribution in [0.15, 0.2) is 0 Å². The van der Waals surface area contributed by atoms with Crippen LogP contribution in [0.25, 0.3) is 0 Å². The molecule has 0 aliphatic heterocycles. The highest BCUT2D eigenvalue weighted by molar-refractivity contribution is 4.91. The fourth-order valence-electron chi connectivity index (χ4n) is 0.777. The van der Waals surface area contributed by atoms with Gasteiger partial charge in [0.15, 0.2) is 0 Å². The van der Waals surface area contributed by atoms with Crippen molar-refractivity contribution in [2.45, 2.75) is 27.7 Å². The number of nitrogens with zero attached hydrogens (tertiary/aromatic N) is 4. The van der Waals surface area contributed by atoms with Gasteiger partial charge in [-0.3, -0.25) is 0 Å². The van der Waals surface area contributed by atoms with Crippen LogP contribution >= 0.6 is 0 Å².